The molecule has 2 heterocycles. The molecule has 9 nitrogen and oxygen atoms in total. The van der Waals surface area contributed by atoms with Gasteiger partial charge in [0.2, 0.25) is 6.41 Å². The molecule has 0 atom stereocenters. The van der Waals surface area contributed by atoms with Crippen LogP contribution >= 0.6 is 11.6 Å². The van der Waals surface area contributed by atoms with Crippen LogP contribution in [0.3, 0.4) is 0 Å². The van der Waals surface area contributed by atoms with E-state index in [9.17, 15) is 4.79 Å². The number of pyridine rings is 2. The zero-order valence-corrected chi connectivity index (χ0v) is 23.2. The standard InChI is InChI=1S/C21H23ClN6O.C4H8.C2H6.CH3NO/c22-17-8-13(10-23)11-25-20(17)28-19-9-18(26-15-6-7-15)16(12-24-19)21(29)27-14-4-2-1-3-5-14;1-2-4-3-1;1-2;2-1-3/h8-9,11-12,14-15H,1-7H2,(H,27,29)(H2,24,25,26,28);1-4H2;1-2H3;1H,(H2,2,3). The lowest BCUT2D eigenvalue weighted by molar-refractivity contribution is -0.106. The molecular weight excluding hydrogens is 502 g/mol. The highest BCUT2D eigenvalue weighted by Crippen LogP contribution is 2.30. The summed E-state index contributed by atoms with van der Waals surface area (Å²) in [5.74, 6) is 0.852. The summed E-state index contributed by atoms with van der Waals surface area (Å²) in [6, 6.07) is 5.99. The van der Waals surface area contributed by atoms with Crippen LogP contribution in [0, 0.1) is 11.3 Å². The highest BCUT2D eigenvalue weighted by molar-refractivity contribution is 6.33. The minimum atomic E-state index is -0.0892. The number of amides is 2. The quantitative estimate of drug-likeness (QED) is 0.324. The Morgan fingerprint density at radius 3 is 2.13 bits per heavy atom. The van der Waals surface area contributed by atoms with Crippen molar-refractivity contribution in [1.82, 2.24) is 15.3 Å². The Kier molecular flexibility index (Phi) is 14.0. The van der Waals surface area contributed by atoms with Crippen LogP contribution < -0.4 is 21.7 Å². The van der Waals surface area contributed by atoms with Gasteiger partial charge in [0, 0.05) is 30.5 Å². The van der Waals surface area contributed by atoms with Crippen LogP contribution in [0.2, 0.25) is 5.02 Å². The number of anilines is 3. The summed E-state index contributed by atoms with van der Waals surface area (Å²) < 4.78 is 0. The molecule has 0 unspecified atom stereocenters. The van der Waals surface area contributed by atoms with Gasteiger partial charge in [-0.15, -0.1) is 0 Å². The second-order valence-electron chi connectivity index (χ2n) is 9.18. The van der Waals surface area contributed by atoms with E-state index in [4.69, 9.17) is 21.7 Å². The fourth-order valence-corrected chi connectivity index (χ4v) is 3.96. The van der Waals surface area contributed by atoms with Gasteiger partial charge in [-0.05, 0) is 31.7 Å². The zero-order chi connectivity index (χ0) is 27.8. The first-order valence-electron chi connectivity index (χ1n) is 13.6. The Bertz CT molecular complexity index is 1060. The van der Waals surface area contributed by atoms with E-state index in [1.165, 1.54) is 38.3 Å². The molecule has 2 aromatic heterocycles. The first kappa shape index (κ1) is 30.8. The third kappa shape index (κ3) is 10.5. The number of nitrogens with zero attached hydrogens (tertiary/aromatic N) is 3. The molecule has 38 heavy (non-hydrogen) atoms. The number of aromatic nitrogens is 2. The minimum Gasteiger partial charge on any atom is -0.382 e. The van der Waals surface area contributed by atoms with E-state index >= 15 is 0 Å². The molecule has 0 spiro atoms. The van der Waals surface area contributed by atoms with E-state index in [-0.39, 0.29) is 18.4 Å². The first-order valence-corrected chi connectivity index (χ1v) is 14.0. The molecular formula is C28H40ClN7O2. The second-order valence-corrected chi connectivity index (χ2v) is 9.59. The van der Waals surface area contributed by atoms with Gasteiger partial charge >= 0.3 is 0 Å². The monoisotopic (exact) mass is 541 g/mol. The molecule has 0 bridgehead atoms. The van der Waals surface area contributed by atoms with Crippen LogP contribution in [0.1, 0.15) is 100 Å². The highest BCUT2D eigenvalue weighted by Gasteiger charge is 2.25. The number of primary amides is 1. The van der Waals surface area contributed by atoms with E-state index < -0.39 is 0 Å². The lowest BCUT2D eigenvalue weighted by Gasteiger charge is -2.23. The van der Waals surface area contributed by atoms with Crippen molar-refractivity contribution in [3.8, 4) is 6.07 Å². The van der Waals surface area contributed by atoms with E-state index in [1.807, 2.05) is 26.0 Å². The molecule has 5 N–H and O–H groups in total. The number of nitrogens with one attached hydrogen (secondary N) is 3. The average molecular weight is 542 g/mol. The molecule has 0 radical (unpaired) electrons. The summed E-state index contributed by atoms with van der Waals surface area (Å²) in [6.45, 7) is 4.00. The zero-order valence-electron chi connectivity index (χ0n) is 22.4. The number of hydrogen-bond acceptors (Lipinski definition) is 7. The van der Waals surface area contributed by atoms with E-state index in [0.717, 1.165) is 44.2 Å². The Morgan fingerprint density at radius 2 is 1.61 bits per heavy atom. The molecule has 2 amide bonds. The number of nitrogens with two attached hydrogens (primary N) is 1. The normalized spacial score (nSPS) is 15.7. The van der Waals surface area contributed by atoms with Crippen LogP contribution in [0.15, 0.2) is 24.5 Å². The second kappa shape index (κ2) is 17.2. The van der Waals surface area contributed by atoms with Gasteiger partial charge in [-0.3, -0.25) is 9.59 Å². The van der Waals surface area contributed by atoms with Gasteiger partial charge in [-0.2, -0.15) is 5.26 Å². The SMILES string of the molecule is C1CCC1.CC.N#Cc1cnc(Nc2cc(NC3CC3)c(C(=O)NC3CCCCC3)cn2)c(Cl)c1.NC=O. The number of hydrogen-bond donors (Lipinski definition) is 4. The number of carbonyl (C=O) groups excluding carboxylic acids is 2. The predicted octanol–water partition coefficient (Wildman–Crippen LogP) is 6.07. The summed E-state index contributed by atoms with van der Waals surface area (Å²) >= 11 is 6.20. The molecule has 5 rings (SSSR count). The average Bonchev–Trinajstić information content (AvgIpc) is 3.71. The van der Waals surface area contributed by atoms with Gasteiger partial charge < -0.3 is 21.7 Å². The highest BCUT2D eigenvalue weighted by atomic mass is 35.5. The van der Waals surface area contributed by atoms with Crippen LogP contribution in [0.5, 0.6) is 0 Å². The lowest BCUT2D eigenvalue weighted by atomic mass is 9.95. The van der Waals surface area contributed by atoms with Crippen molar-refractivity contribution < 1.29 is 9.59 Å². The van der Waals surface area contributed by atoms with Crippen LogP contribution in [-0.2, 0) is 4.79 Å². The maximum Gasteiger partial charge on any atom is 0.255 e. The predicted molar refractivity (Wildman–Crippen MR) is 153 cm³/mol. The Hall–Kier alpha value is -3.38. The van der Waals surface area contributed by atoms with Gasteiger partial charge in [-0.1, -0.05) is 70.4 Å². The summed E-state index contributed by atoms with van der Waals surface area (Å²) in [6.07, 6.45) is 17.1. The lowest BCUT2D eigenvalue weighted by Crippen LogP contribution is -2.36. The fraction of sp³-hybridized carbons (Fsp3) is 0.536. The number of nitriles is 1. The van der Waals surface area contributed by atoms with Gasteiger partial charge in [0.05, 0.1) is 21.8 Å². The van der Waals surface area contributed by atoms with Crippen molar-refractivity contribution in [1.29, 1.82) is 5.26 Å². The van der Waals surface area contributed by atoms with Crippen molar-refractivity contribution in [2.75, 3.05) is 10.6 Å². The fourth-order valence-electron chi connectivity index (χ4n) is 3.74. The number of carbonyl (C=O) groups is 2. The van der Waals surface area contributed by atoms with Crippen molar-refractivity contribution in [2.24, 2.45) is 5.73 Å². The van der Waals surface area contributed by atoms with E-state index in [2.05, 4.69) is 31.7 Å². The summed E-state index contributed by atoms with van der Waals surface area (Å²) in [5, 5.41) is 18.9. The third-order valence-electron chi connectivity index (χ3n) is 6.24. The van der Waals surface area contributed by atoms with Crippen LogP contribution in [0.4, 0.5) is 17.3 Å². The summed E-state index contributed by atoms with van der Waals surface area (Å²) in [4.78, 5) is 30.0. The Balaban J connectivity index is 0.000000489. The van der Waals surface area contributed by atoms with E-state index in [1.54, 1.807) is 12.3 Å². The smallest absolute Gasteiger partial charge is 0.255 e. The molecule has 0 aromatic carbocycles. The third-order valence-corrected chi connectivity index (χ3v) is 6.53. The van der Waals surface area contributed by atoms with Gasteiger partial charge in [0.1, 0.15) is 17.7 Å². The van der Waals surface area contributed by atoms with Gasteiger partial charge in [0.15, 0.2) is 0 Å². The molecule has 3 aliphatic carbocycles. The van der Waals surface area contributed by atoms with Gasteiger partial charge in [-0.25, -0.2) is 9.97 Å². The maximum absolute atomic E-state index is 12.9. The summed E-state index contributed by atoms with van der Waals surface area (Å²) in [5.41, 5.74) is 5.86. The number of halogens is 1. The van der Waals surface area contributed by atoms with E-state index in [0.29, 0.717) is 33.8 Å². The van der Waals surface area contributed by atoms with Crippen LogP contribution in [0.25, 0.3) is 0 Å². The van der Waals surface area contributed by atoms with Crippen molar-refractivity contribution in [2.45, 2.75) is 96.6 Å². The van der Waals surface area contributed by atoms with Gasteiger partial charge in [0.25, 0.3) is 5.91 Å². The molecule has 3 saturated carbocycles. The number of rotatable bonds is 6. The molecule has 2 aromatic rings. The molecule has 3 fully saturated rings. The van der Waals surface area contributed by atoms with Crippen LogP contribution in [-0.4, -0.2) is 34.4 Å². The minimum absolute atomic E-state index is 0.0892. The molecule has 3 aliphatic rings. The Morgan fingerprint density at radius 1 is 1.00 bits per heavy atom. The summed E-state index contributed by atoms with van der Waals surface area (Å²) in [7, 11) is 0. The van der Waals surface area contributed by atoms with Crippen molar-refractivity contribution in [3.05, 3.63) is 40.7 Å². The van der Waals surface area contributed by atoms with Crippen molar-refractivity contribution in [3.63, 3.8) is 0 Å². The Labute approximate surface area is 231 Å². The molecule has 10 heteroatoms. The largest absolute Gasteiger partial charge is 0.382 e. The molecule has 0 aliphatic heterocycles. The molecule has 206 valence electrons. The van der Waals surface area contributed by atoms with Crippen molar-refractivity contribution >= 4 is 41.2 Å². The first-order chi connectivity index (χ1) is 18.5. The molecule has 0 saturated heterocycles. The topological polar surface area (TPSA) is 146 Å². The maximum atomic E-state index is 12.9.